The number of aromatic nitrogens is 2. The van der Waals surface area contributed by atoms with E-state index in [1.807, 2.05) is 43.3 Å². The quantitative estimate of drug-likeness (QED) is 0.454. The molecular weight excluding hydrogens is 424 g/mol. The number of benzene rings is 2. The Labute approximate surface area is 173 Å². The predicted octanol–water partition coefficient (Wildman–Crippen LogP) is 6.99. The molecule has 2 aromatic carbocycles. The highest BCUT2D eigenvalue weighted by Gasteiger charge is 2.20. The lowest BCUT2D eigenvalue weighted by Crippen LogP contribution is -2.13. The fourth-order valence-corrected chi connectivity index (χ4v) is 3.67. The Morgan fingerprint density at radius 1 is 1.00 bits per heavy atom. The van der Waals surface area contributed by atoms with Crippen molar-refractivity contribution in [2.75, 3.05) is 10.6 Å². The van der Waals surface area contributed by atoms with E-state index in [-0.39, 0.29) is 5.41 Å². The molecule has 0 saturated heterocycles. The Morgan fingerprint density at radius 2 is 1.70 bits per heavy atom. The zero-order valence-electron chi connectivity index (χ0n) is 15.8. The van der Waals surface area contributed by atoms with Crippen LogP contribution in [0.2, 0.25) is 5.02 Å². The Bertz CT molecular complexity index is 952. The van der Waals surface area contributed by atoms with Gasteiger partial charge in [0.25, 0.3) is 0 Å². The summed E-state index contributed by atoms with van der Waals surface area (Å²) in [6, 6.07) is 13.9. The number of para-hydroxylation sites is 1. The first-order valence-corrected chi connectivity index (χ1v) is 9.83. The van der Waals surface area contributed by atoms with E-state index in [2.05, 4.69) is 63.4 Å². The van der Waals surface area contributed by atoms with E-state index in [1.165, 1.54) is 0 Å². The summed E-state index contributed by atoms with van der Waals surface area (Å²) in [6.45, 7) is 8.43. The first kappa shape index (κ1) is 19.6. The standard InChI is InChI=1S/C21H22BrClN4/c1-13-12-24-20(27-19(13)25-14-8-6-5-7-9-14)26-15-10-16(21(2,3)4)18(22)17(23)11-15/h5-12H,1-4H3,(H2,24,25,26,27). The van der Waals surface area contributed by atoms with E-state index in [0.717, 1.165) is 32.8 Å². The Hall–Kier alpha value is -2.11. The van der Waals surface area contributed by atoms with Crippen LogP contribution in [0.25, 0.3) is 0 Å². The van der Waals surface area contributed by atoms with Crippen LogP contribution < -0.4 is 10.6 Å². The van der Waals surface area contributed by atoms with Gasteiger partial charge >= 0.3 is 0 Å². The highest BCUT2D eigenvalue weighted by atomic mass is 79.9. The number of aryl methyl sites for hydroxylation is 1. The molecule has 0 amide bonds. The zero-order valence-corrected chi connectivity index (χ0v) is 18.1. The van der Waals surface area contributed by atoms with Gasteiger partial charge in [-0.25, -0.2) is 4.98 Å². The molecule has 3 rings (SSSR count). The molecule has 0 radical (unpaired) electrons. The van der Waals surface area contributed by atoms with E-state index in [0.29, 0.717) is 11.0 Å². The zero-order chi connectivity index (χ0) is 19.6. The number of halogens is 2. The van der Waals surface area contributed by atoms with E-state index >= 15 is 0 Å². The molecule has 2 N–H and O–H groups in total. The minimum absolute atomic E-state index is 0.0473. The third-order valence-electron chi connectivity index (χ3n) is 4.10. The van der Waals surface area contributed by atoms with Crippen LogP contribution in [0.15, 0.2) is 53.1 Å². The molecule has 0 unspecified atom stereocenters. The van der Waals surface area contributed by atoms with Gasteiger partial charge in [0.2, 0.25) is 5.95 Å². The third kappa shape index (κ3) is 4.79. The topological polar surface area (TPSA) is 49.8 Å². The molecule has 0 saturated carbocycles. The monoisotopic (exact) mass is 444 g/mol. The van der Waals surface area contributed by atoms with Crippen molar-refractivity contribution >= 4 is 50.7 Å². The fraction of sp³-hybridized carbons (Fsp3) is 0.238. The molecule has 0 aliphatic rings. The highest BCUT2D eigenvalue weighted by Crippen LogP contribution is 2.37. The lowest BCUT2D eigenvalue weighted by atomic mass is 9.87. The average molecular weight is 446 g/mol. The van der Waals surface area contributed by atoms with Crippen LogP contribution in [0.1, 0.15) is 31.9 Å². The van der Waals surface area contributed by atoms with Gasteiger partial charge in [-0.1, -0.05) is 50.6 Å². The number of hydrogen-bond donors (Lipinski definition) is 2. The van der Waals surface area contributed by atoms with Crippen molar-refractivity contribution in [3.63, 3.8) is 0 Å². The molecule has 1 aromatic heterocycles. The highest BCUT2D eigenvalue weighted by molar-refractivity contribution is 9.10. The maximum Gasteiger partial charge on any atom is 0.229 e. The summed E-state index contributed by atoms with van der Waals surface area (Å²) in [5, 5.41) is 7.25. The largest absolute Gasteiger partial charge is 0.340 e. The molecule has 140 valence electrons. The maximum absolute atomic E-state index is 6.42. The van der Waals surface area contributed by atoms with Crippen LogP contribution in [0, 0.1) is 6.92 Å². The van der Waals surface area contributed by atoms with Crippen LogP contribution in [0.5, 0.6) is 0 Å². The first-order valence-electron chi connectivity index (χ1n) is 8.66. The second-order valence-electron chi connectivity index (χ2n) is 7.41. The van der Waals surface area contributed by atoms with E-state index in [9.17, 15) is 0 Å². The molecule has 0 aliphatic heterocycles. The summed E-state index contributed by atoms with van der Waals surface area (Å²) in [4.78, 5) is 9.02. The molecule has 1 heterocycles. The van der Waals surface area contributed by atoms with Crippen LogP contribution in [-0.2, 0) is 5.41 Å². The molecule has 27 heavy (non-hydrogen) atoms. The van der Waals surface area contributed by atoms with E-state index < -0.39 is 0 Å². The number of hydrogen-bond acceptors (Lipinski definition) is 4. The SMILES string of the molecule is Cc1cnc(Nc2cc(Cl)c(Br)c(C(C)(C)C)c2)nc1Nc1ccccc1. The predicted molar refractivity (Wildman–Crippen MR) is 118 cm³/mol. The smallest absolute Gasteiger partial charge is 0.229 e. The number of rotatable bonds is 4. The number of anilines is 4. The Morgan fingerprint density at radius 3 is 2.37 bits per heavy atom. The van der Waals surface area contributed by atoms with Crippen molar-refractivity contribution < 1.29 is 0 Å². The van der Waals surface area contributed by atoms with Crippen LogP contribution in [-0.4, -0.2) is 9.97 Å². The van der Waals surface area contributed by atoms with Crippen molar-refractivity contribution in [3.05, 3.63) is 69.3 Å². The number of nitrogens with one attached hydrogen (secondary N) is 2. The summed E-state index contributed by atoms with van der Waals surface area (Å²) in [5.74, 6) is 1.27. The minimum atomic E-state index is -0.0473. The van der Waals surface area contributed by atoms with Gasteiger partial charge < -0.3 is 10.6 Å². The summed E-state index contributed by atoms with van der Waals surface area (Å²) in [5.41, 5.74) is 3.87. The van der Waals surface area contributed by atoms with Gasteiger partial charge in [-0.2, -0.15) is 4.98 Å². The van der Waals surface area contributed by atoms with Crippen molar-refractivity contribution in [1.29, 1.82) is 0 Å². The van der Waals surface area contributed by atoms with Gasteiger partial charge in [0.1, 0.15) is 5.82 Å². The molecule has 0 aliphatic carbocycles. The molecule has 0 atom stereocenters. The lowest BCUT2D eigenvalue weighted by Gasteiger charge is -2.22. The second kappa shape index (κ2) is 7.87. The maximum atomic E-state index is 6.42. The normalized spacial score (nSPS) is 11.3. The van der Waals surface area contributed by atoms with Gasteiger partial charge in [-0.05, 0) is 58.1 Å². The summed E-state index contributed by atoms with van der Waals surface area (Å²) >= 11 is 10.0. The second-order valence-corrected chi connectivity index (χ2v) is 8.61. The molecule has 6 heteroatoms. The van der Waals surface area contributed by atoms with Crippen LogP contribution >= 0.6 is 27.5 Å². The number of nitrogens with zero attached hydrogens (tertiary/aromatic N) is 2. The van der Waals surface area contributed by atoms with Crippen LogP contribution in [0.3, 0.4) is 0 Å². The van der Waals surface area contributed by atoms with E-state index in [4.69, 9.17) is 11.6 Å². The summed E-state index contributed by atoms with van der Waals surface area (Å²) < 4.78 is 0.915. The van der Waals surface area contributed by atoms with Crippen molar-refractivity contribution in [1.82, 2.24) is 9.97 Å². The van der Waals surface area contributed by atoms with E-state index in [1.54, 1.807) is 6.20 Å². The lowest BCUT2D eigenvalue weighted by molar-refractivity contribution is 0.587. The van der Waals surface area contributed by atoms with Gasteiger partial charge in [0.05, 0.1) is 5.02 Å². The fourth-order valence-electron chi connectivity index (χ4n) is 2.62. The average Bonchev–Trinajstić information content (AvgIpc) is 2.61. The summed E-state index contributed by atoms with van der Waals surface area (Å²) in [7, 11) is 0. The van der Waals surface area contributed by atoms with Gasteiger partial charge in [0.15, 0.2) is 0 Å². The van der Waals surface area contributed by atoms with Crippen molar-refractivity contribution in [2.24, 2.45) is 0 Å². The molecular formula is C21H22BrClN4. The van der Waals surface area contributed by atoms with Crippen molar-refractivity contribution in [3.8, 4) is 0 Å². The van der Waals surface area contributed by atoms with Crippen LogP contribution in [0.4, 0.5) is 23.1 Å². The van der Waals surface area contributed by atoms with Gasteiger partial charge in [0, 0.05) is 27.6 Å². The van der Waals surface area contributed by atoms with Crippen molar-refractivity contribution in [2.45, 2.75) is 33.1 Å². The Kier molecular flexibility index (Phi) is 5.72. The summed E-state index contributed by atoms with van der Waals surface area (Å²) in [6.07, 6.45) is 1.80. The third-order valence-corrected chi connectivity index (χ3v) is 5.48. The molecule has 3 aromatic rings. The van der Waals surface area contributed by atoms with Gasteiger partial charge in [-0.3, -0.25) is 0 Å². The molecule has 4 nitrogen and oxygen atoms in total. The van der Waals surface area contributed by atoms with Gasteiger partial charge in [-0.15, -0.1) is 0 Å². The molecule has 0 spiro atoms. The minimum Gasteiger partial charge on any atom is -0.340 e. The first-order chi connectivity index (χ1) is 12.7. The Balaban J connectivity index is 1.90. The molecule has 0 fully saturated rings. The molecule has 0 bridgehead atoms.